The number of hydrogen-bond donors (Lipinski definition) is 1. The molecular weight excluding hydrogens is 368 g/mol. The van der Waals surface area contributed by atoms with Gasteiger partial charge in [-0.2, -0.15) is 4.72 Å². The summed E-state index contributed by atoms with van der Waals surface area (Å²) in [5, 5.41) is 0. The number of hydrogen-bond acceptors (Lipinski definition) is 5. The van der Waals surface area contributed by atoms with Crippen LogP contribution in [-0.4, -0.2) is 50.9 Å². The summed E-state index contributed by atoms with van der Waals surface area (Å²) in [6.45, 7) is 8.14. The number of nitrogens with one attached hydrogen (secondary N) is 1. The van der Waals surface area contributed by atoms with E-state index in [-0.39, 0.29) is 10.8 Å². The highest BCUT2D eigenvalue weighted by molar-refractivity contribution is 7.89. The van der Waals surface area contributed by atoms with E-state index in [1.807, 2.05) is 13.8 Å². The first-order valence-electron chi connectivity index (χ1n) is 9.15. The molecule has 1 aliphatic heterocycles. The van der Waals surface area contributed by atoms with E-state index in [1.165, 1.54) is 13.0 Å². The Hall–Kier alpha value is -1.93. The number of nitrogens with zero attached hydrogens (tertiary/aromatic N) is 1. The van der Waals surface area contributed by atoms with Crippen LogP contribution >= 0.6 is 0 Å². The zero-order valence-corrected chi connectivity index (χ0v) is 17.1. The zero-order valence-electron chi connectivity index (χ0n) is 16.3. The Labute approximate surface area is 161 Å². The third kappa shape index (κ3) is 5.77. The molecule has 1 fully saturated rings. The minimum Gasteiger partial charge on any atom is -0.452 e. The van der Waals surface area contributed by atoms with Crippen molar-refractivity contribution in [3.8, 4) is 0 Å². The second kappa shape index (κ2) is 8.84. The topological polar surface area (TPSA) is 92.8 Å². The molecule has 0 aromatic heterocycles. The van der Waals surface area contributed by atoms with Gasteiger partial charge < -0.3 is 9.64 Å². The summed E-state index contributed by atoms with van der Waals surface area (Å²) in [6.07, 6.45) is 0.932. The minimum atomic E-state index is -3.82. The lowest BCUT2D eigenvalue weighted by molar-refractivity contribution is -0.158. The van der Waals surface area contributed by atoms with Gasteiger partial charge in [0.1, 0.15) is 6.54 Å². The van der Waals surface area contributed by atoms with Gasteiger partial charge in [0.05, 0.1) is 4.90 Å². The van der Waals surface area contributed by atoms with Crippen molar-refractivity contribution in [2.45, 2.75) is 51.5 Å². The number of sulfonamides is 1. The van der Waals surface area contributed by atoms with E-state index in [9.17, 15) is 18.0 Å². The largest absolute Gasteiger partial charge is 0.452 e. The molecule has 1 atom stereocenters. The Kier molecular flexibility index (Phi) is 7.00. The molecule has 1 unspecified atom stereocenters. The second-order valence-corrected chi connectivity index (χ2v) is 8.98. The predicted octanol–water partition coefficient (Wildman–Crippen LogP) is 1.77. The van der Waals surface area contributed by atoms with Crippen LogP contribution in [0.25, 0.3) is 0 Å². The molecule has 1 N–H and O–H groups in total. The summed E-state index contributed by atoms with van der Waals surface area (Å²) < 4.78 is 31.9. The third-order valence-corrected chi connectivity index (χ3v) is 6.35. The number of benzene rings is 1. The fourth-order valence-corrected chi connectivity index (χ4v) is 3.95. The number of esters is 1. The van der Waals surface area contributed by atoms with Gasteiger partial charge in [0.15, 0.2) is 6.10 Å². The summed E-state index contributed by atoms with van der Waals surface area (Å²) >= 11 is 0. The van der Waals surface area contributed by atoms with Crippen LogP contribution in [-0.2, 0) is 24.3 Å². The summed E-state index contributed by atoms with van der Waals surface area (Å²) in [6, 6.07) is 4.74. The molecule has 2 rings (SSSR count). The number of ether oxygens (including phenoxy) is 1. The first-order chi connectivity index (χ1) is 12.6. The van der Waals surface area contributed by atoms with Crippen molar-refractivity contribution in [3.05, 3.63) is 29.3 Å². The Morgan fingerprint density at radius 2 is 1.85 bits per heavy atom. The molecule has 1 heterocycles. The predicted molar refractivity (Wildman–Crippen MR) is 102 cm³/mol. The molecule has 0 spiro atoms. The maximum absolute atomic E-state index is 12.3. The van der Waals surface area contributed by atoms with E-state index < -0.39 is 28.6 Å². The number of likely N-dealkylation sites (tertiary alicyclic amines) is 1. The number of carbonyl (C=O) groups is 2. The van der Waals surface area contributed by atoms with Gasteiger partial charge in [-0.15, -0.1) is 0 Å². The molecule has 0 bridgehead atoms. The first-order valence-corrected chi connectivity index (χ1v) is 10.6. The van der Waals surface area contributed by atoms with E-state index in [1.54, 1.807) is 17.0 Å². The molecule has 150 valence electrons. The van der Waals surface area contributed by atoms with Gasteiger partial charge in [0.2, 0.25) is 10.0 Å². The van der Waals surface area contributed by atoms with Crippen LogP contribution in [0.4, 0.5) is 0 Å². The Morgan fingerprint density at radius 1 is 1.22 bits per heavy atom. The van der Waals surface area contributed by atoms with E-state index in [4.69, 9.17) is 4.74 Å². The molecule has 0 saturated carbocycles. The van der Waals surface area contributed by atoms with E-state index >= 15 is 0 Å². The zero-order chi connectivity index (χ0) is 20.2. The van der Waals surface area contributed by atoms with Gasteiger partial charge >= 0.3 is 5.97 Å². The Morgan fingerprint density at radius 3 is 2.44 bits per heavy atom. The molecular formula is C19H28N2O5S. The summed E-state index contributed by atoms with van der Waals surface area (Å²) in [5.74, 6) is -0.437. The average molecular weight is 397 g/mol. The first kappa shape index (κ1) is 21.4. The number of aryl methyl sites for hydroxylation is 2. The van der Waals surface area contributed by atoms with E-state index in [0.717, 1.165) is 24.0 Å². The molecule has 1 aliphatic rings. The molecule has 1 amide bonds. The monoisotopic (exact) mass is 396 g/mol. The van der Waals surface area contributed by atoms with Crippen LogP contribution in [0.2, 0.25) is 0 Å². The van der Waals surface area contributed by atoms with E-state index in [2.05, 4.69) is 11.6 Å². The summed E-state index contributed by atoms with van der Waals surface area (Å²) in [4.78, 5) is 26.1. The lowest BCUT2D eigenvalue weighted by Crippen LogP contribution is -2.44. The van der Waals surface area contributed by atoms with Crippen molar-refractivity contribution in [1.82, 2.24) is 9.62 Å². The van der Waals surface area contributed by atoms with Crippen LogP contribution in [0.5, 0.6) is 0 Å². The van der Waals surface area contributed by atoms with Crippen LogP contribution in [0.1, 0.15) is 37.8 Å². The lowest BCUT2D eigenvalue weighted by atomic mass is 9.99. The molecule has 1 aromatic carbocycles. The maximum Gasteiger partial charge on any atom is 0.321 e. The van der Waals surface area contributed by atoms with Crippen LogP contribution < -0.4 is 4.72 Å². The Balaban J connectivity index is 1.87. The number of rotatable bonds is 6. The Bertz CT molecular complexity index is 798. The van der Waals surface area contributed by atoms with Crippen LogP contribution in [0, 0.1) is 19.8 Å². The van der Waals surface area contributed by atoms with Gasteiger partial charge in [-0.05, 0) is 62.8 Å². The maximum atomic E-state index is 12.3. The van der Waals surface area contributed by atoms with Crippen molar-refractivity contribution < 1.29 is 22.7 Å². The minimum absolute atomic E-state index is 0.0879. The highest BCUT2D eigenvalue weighted by Gasteiger charge is 2.27. The van der Waals surface area contributed by atoms with Gasteiger partial charge in [0.25, 0.3) is 5.91 Å². The van der Waals surface area contributed by atoms with Crippen molar-refractivity contribution in [3.63, 3.8) is 0 Å². The molecule has 0 radical (unpaired) electrons. The van der Waals surface area contributed by atoms with Crippen molar-refractivity contribution in [2.75, 3.05) is 19.6 Å². The fraction of sp³-hybridized carbons (Fsp3) is 0.579. The quantitative estimate of drug-likeness (QED) is 0.740. The highest BCUT2D eigenvalue weighted by atomic mass is 32.2. The van der Waals surface area contributed by atoms with Crippen molar-refractivity contribution >= 4 is 21.9 Å². The molecule has 7 nitrogen and oxygen atoms in total. The molecule has 1 saturated heterocycles. The van der Waals surface area contributed by atoms with Gasteiger partial charge in [-0.1, -0.05) is 13.0 Å². The average Bonchev–Trinajstić information content (AvgIpc) is 2.62. The summed E-state index contributed by atoms with van der Waals surface area (Å²) in [7, 11) is -3.82. The smallest absolute Gasteiger partial charge is 0.321 e. The standard InChI is InChI=1S/C19H28N2O5S/c1-13-7-9-21(10-8-13)19(23)16(4)26-18(22)12-20-27(24,25)17-6-5-14(2)15(3)11-17/h5-6,11,13,16,20H,7-10,12H2,1-4H3. The van der Waals surface area contributed by atoms with Crippen LogP contribution in [0.3, 0.4) is 0 Å². The number of carbonyl (C=O) groups excluding carboxylic acids is 2. The fourth-order valence-electron chi connectivity index (χ4n) is 2.89. The number of amides is 1. The molecule has 8 heteroatoms. The van der Waals surface area contributed by atoms with Crippen LogP contribution in [0.15, 0.2) is 23.1 Å². The molecule has 0 aliphatic carbocycles. The van der Waals surface area contributed by atoms with Gasteiger partial charge in [-0.25, -0.2) is 8.42 Å². The third-order valence-electron chi connectivity index (χ3n) is 4.95. The SMILES string of the molecule is Cc1ccc(S(=O)(=O)NCC(=O)OC(C)C(=O)N2CCC(C)CC2)cc1C. The molecule has 1 aromatic rings. The van der Waals surface area contributed by atoms with Gasteiger partial charge in [0, 0.05) is 13.1 Å². The summed E-state index contributed by atoms with van der Waals surface area (Å²) in [5.41, 5.74) is 1.82. The van der Waals surface area contributed by atoms with Crippen molar-refractivity contribution in [1.29, 1.82) is 0 Å². The highest BCUT2D eigenvalue weighted by Crippen LogP contribution is 2.17. The lowest BCUT2D eigenvalue weighted by Gasteiger charge is -2.31. The number of piperidine rings is 1. The van der Waals surface area contributed by atoms with Crippen molar-refractivity contribution in [2.24, 2.45) is 5.92 Å². The van der Waals surface area contributed by atoms with E-state index in [0.29, 0.717) is 19.0 Å². The normalized spacial score (nSPS) is 16.8. The second-order valence-electron chi connectivity index (χ2n) is 7.21. The molecule has 27 heavy (non-hydrogen) atoms. The van der Waals surface area contributed by atoms with Gasteiger partial charge in [-0.3, -0.25) is 9.59 Å².